The van der Waals surface area contributed by atoms with Crippen molar-refractivity contribution in [2.24, 2.45) is 0 Å². The van der Waals surface area contributed by atoms with E-state index in [0.29, 0.717) is 0 Å². The van der Waals surface area contributed by atoms with Crippen LogP contribution in [-0.4, -0.2) is 19.1 Å². The first-order chi connectivity index (χ1) is 9.34. The highest BCUT2D eigenvalue weighted by Gasteiger charge is 2.33. The molecule has 0 unspecified atom stereocenters. The van der Waals surface area contributed by atoms with Crippen LogP contribution in [-0.2, 0) is 15.7 Å². The van der Waals surface area contributed by atoms with Gasteiger partial charge >= 0.3 is 12.1 Å². The van der Waals surface area contributed by atoms with Crippen LogP contribution in [0.15, 0.2) is 30.4 Å². The average molecular weight is 308 g/mol. The van der Waals surface area contributed by atoms with Crippen molar-refractivity contribution in [3.05, 3.63) is 40.9 Å². The summed E-state index contributed by atoms with van der Waals surface area (Å²) in [4.78, 5) is 11.0. The third kappa shape index (κ3) is 5.13. The Morgan fingerprint density at radius 2 is 2.15 bits per heavy atom. The lowest BCUT2D eigenvalue weighted by Gasteiger charge is -2.13. The Kier molecular flexibility index (Phi) is 5.88. The van der Waals surface area contributed by atoms with Crippen molar-refractivity contribution in [2.45, 2.75) is 13.1 Å². The van der Waals surface area contributed by atoms with Crippen molar-refractivity contribution >= 4 is 23.3 Å². The van der Waals surface area contributed by atoms with E-state index in [2.05, 4.69) is 10.1 Å². The number of carbonyl (C=O) groups is 1. The molecule has 0 aliphatic carbocycles. The molecule has 3 nitrogen and oxygen atoms in total. The zero-order chi connectivity index (χ0) is 15.2. The molecule has 0 aliphatic heterocycles. The minimum absolute atomic E-state index is 0.00457. The summed E-state index contributed by atoms with van der Waals surface area (Å²) >= 11 is 5.56. The van der Waals surface area contributed by atoms with Crippen LogP contribution in [0.1, 0.15) is 12.5 Å². The van der Waals surface area contributed by atoms with Crippen LogP contribution in [0.3, 0.4) is 0 Å². The van der Waals surface area contributed by atoms with Gasteiger partial charge < -0.3 is 10.1 Å². The van der Waals surface area contributed by atoms with Gasteiger partial charge in [0.15, 0.2) is 0 Å². The van der Waals surface area contributed by atoms with Crippen LogP contribution in [0, 0.1) is 0 Å². The smallest absolute Gasteiger partial charge is 0.418 e. The predicted octanol–water partition coefficient (Wildman–Crippen LogP) is 3.89. The molecule has 0 aliphatic rings. The minimum atomic E-state index is -4.50. The summed E-state index contributed by atoms with van der Waals surface area (Å²) in [6.07, 6.45) is -1.97. The van der Waals surface area contributed by atoms with Crippen LogP contribution in [0.4, 0.5) is 18.9 Å². The maximum atomic E-state index is 12.8. The molecule has 0 saturated heterocycles. The second-order valence-corrected chi connectivity index (χ2v) is 4.16. The standard InChI is InChI=1S/C13H13ClF3NO2/c1-2-20-12(19)4-3-7-18-11-6-5-9(14)8-10(11)13(15,16)17/h3-6,8,18H,2,7H2,1H3/b4-3+. The molecule has 1 aromatic rings. The number of halogens is 4. The minimum Gasteiger partial charge on any atom is -0.463 e. The van der Waals surface area contributed by atoms with Gasteiger partial charge in [-0.15, -0.1) is 0 Å². The Balaban J connectivity index is 2.71. The number of anilines is 1. The molecule has 1 N–H and O–H groups in total. The first kappa shape index (κ1) is 16.4. The van der Waals surface area contributed by atoms with Crippen molar-refractivity contribution in [2.75, 3.05) is 18.5 Å². The maximum Gasteiger partial charge on any atom is 0.418 e. The van der Waals surface area contributed by atoms with Crippen molar-refractivity contribution in [3.8, 4) is 0 Å². The second kappa shape index (κ2) is 7.19. The van der Waals surface area contributed by atoms with E-state index < -0.39 is 17.7 Å². The zero-order valence-electron chi connectivity index (χ0n) is 10.6. The third-order valence-electron chi connectivity index (χ3n) is 2.24. The SMILES string of the molecule is CCOC(=O)/C=C/CNc1ccc(Cl)cc1C(F)(F)F. The molecule has 0 bridgehead atoms. The molecule has 1 aromatic carbocycles. The number of carbonyl (C=O) groups excluding carboxylic acids is 1. The molecule has 0 spiro atoms. The Morgan fingerprint density at radius 1 is 1.45 bits per heavy atom. The number of benzene rings is 1. The number of nitrogens with one attached hydrogen (secondary N) is 1. The normalized spacial score (nSPS) is 11.7. The zero-order valence-corrected chi connectivity index (χ0v) is 11.4. The lowest BCUT2D eigenvalue weighted by atomic mass is 10.1. The molecule has 1 rings (SSSR count). The molecule has 0 aromatic heterocycles. The summed E-state index contributed by atoms with van der Waals surface area (Å²) in [5.74, 6) is -0.540. The molecule has 0 heterocycles. The lowest BCUT2D eigenvalue weighted by molar-refractivity contribution is -0.138. The van der Waals surface area contributed by atoms with E-state index in [1.165, 1.54) is 18.2 Å². The molecule has 7 heteroatoms. The second-order valence-electron chi connectivity index (χ2n) is 3.72. The lowest BCUT2D eigenvalue weighted by Crippen LogP contribution is -2.11. The monoisotopic (exact) mass is 307 g/mol. The predicted molar refractivity (Wildman–Crippen MR) is 70.7 cm³/mol. The molecule has 0 saturated carbocycles. The number of hydrogen-bond acceptors (Lipinski definition) is 3. The molecule has 0 amide bonds. The van der Waals surface area contributed by atoms with E-state index in [0.717, 1.165) is 12.1 Å². The fourth-order valence-electron chi connectivity index (χ4n) is 1.42. The highest BCUT2D eigenvalue weighted by atomic mass is 35.5. The van der Waals surface area contributed by atoms with Gasteiger partial charge in [-0.3, -0.25) is 0 Å². The fourth-order valence-corrected chi connectivity index (χ4v) is 1.59. The van der Waals surface area contributed by atoms with E-state index in [-0.39, 0.29) is 23.9 Å². The van der Waals surface area contributed by atoms with Gasteiger partial charge in [-0.1, -0.05) is 17.7 Å². The third-order valence-corrected chi connectivity index (χ3v) is 2.47. The molecule has 20 heavy (non-hydrogen) atoms. The first-order valence-corrected chi connectivity index (χ1v) is 6.16. The van der Waals surface area contributed by atoms with Crippen LogP contribution in [0.25, 0.3) is 0 Å². The number of hydrogen-bond donors (Lipinski definition) is 1. The summed E-state index contributed by atoms with van der Waals surface area (Å²) in [6, 6.07) is 3.44. The Morgan fingerprint density at radius 3 is 2.75 bits per heavy atom. The van der Waals surface area contributed by atoms with Gasteiger partial charge in [-0.2, -0.15) is 13.2 Å². The van der Waals surface area contributed by atoms with E-state index in [1.54, 1.807) is 6.92 Å². The van der Waals surface area contributed by atoms with Crippen molar-refractivity contribution < 1.29 is 22.7 Å². The van der Waals surface area contributed by atoms with Crippen molar-refractivity contribution in [3.63, 3.8) is 0 Å². The van der Waals surface area contributed by atoms with Crippen LogP contribution < -0.4 is 5.32 Å². The van der Waals surface area contributed by atoms with E-state index in [4.69, 9.17) is 11.6 Å². The largest absolute Gasteiger partial charge is 0.463 e. The fraction of sp³-hybridized carbons (Fsp3) is 0.308. The Hall–Kier alpha value is -1.69. The number of alkyl halides is 3. The number of esters is 1. The summed E-state index contributed by atoms with van der Waals surface area (Å²) in [5.41, 5.74) is -0.954. The van der Waals surface area contributed by atoms with Gasteiger partial charge in [-0.25, -0.2) is 4.79 Å². The summed E-state index contributed by atoms with van der Waals surface area (Å²) in [7, 11) is 0. The van der Waals surface area contributed by atoms with Crippen molar-refractivity contribution in [1.82, 2.24) is 0 Å². The average Bonchev–Trinajstić information content (AvgIpc) is 2.35. The van der Waals surface area contributed by atoms with E-state index in [1.807, 2.05) is 0 Å². The summed E-state index contributed by atoms with van der Waals surface area (Å²) in [5, 5.41) is 2.58. The first-order valence-electron chi connectivity index (χ1n) is 5.78. The summed E-state index contributed by atoms with van der Waals surface area (Å²) < 4.78 is 43.0. The quantitative estimate of drug-likeness (QED) is 0.662. The van der Waals surface area contributed by atoms with Crippen LogP contribution in [0.2, 0.25) is 5.02 Å². The molecular weight excluding hydrogens is 295 g/mol. The summed E-state index contributed by atoms with van der Waals surface area (Å²) in [6.45, 7) is 1.96. The van der Waals surface area contributed by atoms with E-state index >= 15 is 0 Å². The van der Waals surface area contributed by atoms with Gasteiger partial charge in [-0.05, 0) is 25.1 Å². The topological polar surface area (TPSA) is 38.3 Å². The van der Waals surface area contributed by atoms with Crippen molar-refractivity contribution in [1.29, 1.82) is 0 Å². The Labute approximate surface area is 119 Å². The molecule has 0 fully saturated rings. The molecule has 110 valence electrons. The van der Waals surface area contributed by atoms with Crippen LogP contribution in [0.5, 0.6) is 0 Å². The molecule has 0 radical (unpaired) electrons. The highest BCUT2D eigenvalue weighted by molar-refractivity contribution is 6.30. The number of ether oxygens (including phenoxy) is 1. The Bertz CT molecular complexity index is 501. The molecule has 0 atom stereocenters. The van der Waals surface area contributed by atoms with E-state index in [9.17, 15) is 18.0 Å². The maximum absolute atomic E-state index is 12.8. The van der Waals surface area contributed by atoms with Gasteiger partial charge in [0.05, 0.1) is 12.2 Å². The van der Waals surface area contributed by atoms with Gasteiger partial charge in [0.25, 0.3) is 0 Å². The molecular formula is C13H13ClF3NO2. The van der Waals surface area contributed by atoms with Gasteiger partial charge in [0.1, 0.15) is 0 Å². The van der Waals surface area contributed by atoms with Crippen LogP contribution >= 0.6 is 11.6 Å². The van der Waals surface area contributed by atoms with Gasteiger partial charge in [0, 0.05) is 23.3 Å². The highest BCUT2D eigenvalue weighted by Crippen LogP contribution is 2.36. The van der Waals surface area contributed by atoms with Gasteiger partial charge in [0.2, 0.25) is 0 Å². The number of rotatable bonds is 5.